The fraction of sp³-hybridized carbons (Fsp3) is 0.600. The van der Waals surface area contributed by atoms with Gasteiger partial charge < -0.3 is 10.1 Å². The van der Waals surface area contributed by atoms with Crippen LogP contribution in [0.25, 0.3) is 0 Å². The molecule has 0 radical (unpaired) electrons. The lowest BCUT2D eigenvalue weighted by molar-refractivity contribution is -0.140. The van der Waals surface area contributed by atoms with Gasteiger partial charge in [0.05, 0.1) is 12.2 Å². The van der Waals surface area contributed by atoms with Crippen molar-refractivity contribution in [3.8, 4) is 5.75 Å². The summed E-state index contributed by atoms with van der Waals surface area (Å²) in [5.41, 5.74) is -1.29. The van der Waals surface area contributed by atoms with Crippen LogP contribution in [0.4, 0.5) is 17.6 Å². The Balaban J connectivity index is 2.33. The van der Waals surface area contributed by atoms with Gasteiger partial charge in [-0.15, -0.1) is 0 Å². The van der Waals surface area contributed by atoms with Crippen molar-refractivity contribution in [2.75, 3.05) is 19.7 Å². The average molecular weight is 307 g/mol. The summed E-state index contributed by atoms with van der Waals surface area (Å²) < 4.78 is 55.9. The van der Waals surface area contributed by atoms with Crippen LogP contribution in [0, 0.1) is 11.7 Å². The summed E-state index contributed by atoms with van der Waals surface area (Å²) in [5.74, 6) is -0.659. The molecule has 0 atom stereocenters. The van der Waals surface area contributed by atoms with Gasteiger partial charge in [-0.2, -0.15) is 13.2 Å². The normalized spacial score (nSPS) is 12.0. The number of nitrogens with one attached hydrogen (secondary N) is 1. The van der Waals surface area contributed by atoms with E-state index in [0.29, 0.717) is 18.6 Å². The van der Waals surface area contributed by atoms with Crippen LogP contribution in [0.1, 0.15) is 32.3 Å². The summed E-state index contributed by atoms with van der Waals surface area (Å²) in [6, 6.07) is 2.69. The van der Waals surface area contributed by atoms with E-state index in [2.05, 4.69) is 19.2 Å². The second-order valence-corrected chi connectivity index (χ2v) is 5.29. The number of halogens is 4. The Hall–Kier alpha value is -1.30. The third-order valence-corrected chi connectivity index (χ3v) is 2.81. The van der Waals surface area contributed by atoms with E-state index in [9.17, 15) is 17.6 Å². The maximum atomic E-state index is 13.1. The molecule has 6 heteroatoms. The van der Waals surface area contributed by atoms with E-state index in [1.165, 1.54) is 6.07 Å². The predicted octanol–water partition coefficient (Wildman–Crippen LogP) is 4.25. The molecule has 21 heavy (non-hydrogen) atoms. The van der Waals surface area contributed by atoms with Gasteiger partial charge in [0.1, 0.15) is 11.6 Å². The highest BCUT2D eigenvalue weighted by Crippen LogP contribution is 2.33. The van der Waals surface area contributed by atoms with E-state index >= 15 is 0 Å². The SMILES string of the molecule is CC(C)CNCCCCOc1ccc(F)c(C(F)(F)F)c1. The second-order valence-electron chi connectivity index (χ2n) is 5.29. The summed E-state index contributed by atoms with van der Waals surface area (Å²) in [6.45, 7) is 6.32. The first-order valence-electron chi connectivity index (χ1n) is 7.01. The van der Waals surface area contributed by atoms with Gasteiger partial charge in [0.15, 0.2) is 0 Å². The highest BCUT2D eigenvalue weighted by atomic mass is 19.4. The molecule has 0 amide bonds. The quantitative estimate of drug-likeness (QED) is 0.572. The molecule has 1 rings (SSSR count). The first-order chi connectivity index (χ1) is 9.80. The number of alkyl halides is 3. The van der Waals surface area contributed by atoms with Crippen molar-refractivity contribution in [3.05, 3.63) is 29.6 Å². The first-order valence-corrected chi connectivity index (χ1v) is 7.01. The molecule has 0 spiro atoms. The van der Waals surface area contributed by atoms with E-state index < -0.39 is 17.6 Å². The Morgan fingerprint density at radius 2 is 1.90 bits per heavy atom. The zero-order valence-electron chi connectivity index (χ0n) is 12.3. The molecular formula is C15H21F4NO. The van der Waals surface area contributed by atoms with Crippen LogP contribution in [-0.2, 0) is 6.18 Å². The van der Waals surface area contributed by atoms with Gasteiger partial charge in [0.25, 0.3) is 0 Å². The Labute approximate surface area is 122 Å². The molecule has 0 aliphatic rings. The Morgan fingerprint density at radius 1 is 1.19 bits per heavy atom. The number of benzene rings is 1. The maximum Gasteiger partial charge on any atom is 0.419 e. The van der Waals surface area contributed by atoms with Crippen LogP contribution in [0.3, 0.4) is 0 Å². The Morgan fingerprint density at radius 3 is 2.52 bits per heavy atom. The lowest BCUT2D eigenvalue weighted by Gasteiger charge is -2.11. The molecule has 2 nitrogen and oxygen atoms in total. The van der Waals surface area contributed by atoms with Gasteiger partial charge in [-0.25, -0.2) is 4.39 Å². The summed E-state index contributed by atoms with van der Waals surface area (Å²) >= 11 is 0. The molecule has 1 aromatic carbocycles. The summed E-state index contributed by atoms with van der Waals surface area (Å²) in [5, 5.41) is 3.27. The second kappa shape index (κ2) is 8.22. The monoisotopic (exact) mass is 307 g/mol. The molecule has 0 aliphatic heterocycles. The summed E-state index contributed by atoms with van der Waals surface area (Å²) in [6.07, 6.45) is -3.10. The van der Waals surface area contributed by atoms with Gasteiger partial charge in [-0.3, -0.25) is 0 Å². The number of hydrogen-bond acceptors (Lipinski definition) is 2. The zero-order chi connectivity index (χ0) is 15.9. The third kappa shape index (κ3) is 6.80. The summed E-state index contributed by atoms with van der Waals surface area (Å²) in [4.78, 5) is 0. The molecule has 0 bridgehead atoms. The van der Waals surface area contributed by atoms with Crippen molar-refractivity contribution in [2.24, 2.45) is 5.92 Å². The molecule has 0 aliphatic carbocycles. The smallest absolute Gasteiger partial charge is 0.419 e. The van der Waals surface area contributed by atoms with Crippen LogP contribution in [0.5, 0.6) is 5.75 Å². The van der Waals surface area contributed by atoms with Crippen LogP contribution in [0.2, 0.25) is 0 Å². The highest BCUT2D eigenvalue weighted by molar-refractivity contribution is 5.31. The van der Waals surface area contributed by atoms with Crippen LogP contribution < -0.4 is 10.1 Å². The minimum Gasteiger partial charge on any atom is -0.494 e. The molecule has 1 N–H and O–H groups in total. The largest absolute Gasteiger partial charge is 0.494 e. The van der Waals surface area contributed by atoms with E-state index in [-0.39, 0.29) is 5.75 Å². The van der Waals surface area contributed by atoms with Gasteiger partial charge in [-0.1, -0.05) is 13.8 Å². The van der Waals surface area contributed by atoms with E-state index in [4.69, 9.17) is 4.74 Å². The van der Waals surface area contributed by atoms with Crippen LogP contribution in [-0.4, -0.2) is 19.7 Å². The van der Waals surface area contributed by atoms with Gasteiger partial charge in [-0.05, 0) is 50.0 Å². The van der Waals surface area contributed by atoms with Crippen molar-refractivity contribution in [1.29, 1.82) is 0 Å². The Bertz CT molecular complexity index is 432. The number of ether oxygens (including phenoxy) is 1. The molecule has 0 fully saturated rings. The number of hydrogen-bond donors (Lipinski definition) is 1. The lowest BCUT2D eigenvalue weighted by Crippen LogP contribution is -2.21. The topological polar surface area (TPSA) is 21.3 Å². The highest BCUT2D eigenvalue weighted by Gasteiger charge is 2.34. The fourth-order valence-corrected chi connectivity index (χ4v) is 1.74. The Kier molecular flexibility index (Phi) is 6.95. The van der Waals surface area contributed by atoms with Crippen molar-refractivity contribution in [3.63, 3.8) is 0 Å². The minimum atomic E-state index is -4.70. The summed E-state index contributed by atoms with van der Waals surface area (Å²) in [7, 11) is 0. The first kappa shape index (κ1) is 17.8. The van der Waals surface area contributed by atoms with Crippen LogP contribution in [0.15, 0.2) is 18.2 Å². The van der Waals surface area contributed by atoms with E-state index in [1.54, 1.807) is 0 Å². The molecule has 0 saturated carbocycles. The van der Waals surface area contributed by atoms with Gasteiger partial charge >= 0.3 is 6.18 Å². The molecule has 0 unspecified atom stereocenters. The minimum absolute atomic E-state index is 0.0406. The van der Waals surface area contributed by atoms with Crippen molar-refractivity contribution < 1.29 is 22.3 Å². The molecule has 120 valence electrons. The standard InChI is InChI=1S/C15H21F4NO/c1-11(2)10-20-7-3-4-8-21-12-5-6-14(16)13(9-12)15(17,18)19/h5-6,9,11,20H,3-4,7-8,10H2,1-2H3. The maximum absolute atomic E-state index is 13.1. The van der Waals surface area contributed by atoms with Crippen molar-refractivity contribution in [1.82, 2.24) is 5.32 Å². The molecule has 1 aromatic rings. The molecule has 0 heterocycles. The molecular weight excluding hydrogens is 286 g/mol. The number of rotatable bonds is 8. The molecule has 0 aromatic heterocycles. The zero-order valence-corrected chi connectivity index (χ0v) is 12.3. The lowest BCUT2D eigenvalue weighted by atomic mass is 10.2. The molecule has 0 saturated heterocycles. The predicted molar refractivity (Wildman–Crippen MR) is 73.8 cm³/mol. The van der Waals surface area contributed by atoms with Crippen molar-refractivity contribution >= 4 is 0 Å². The fourth-order valence-electron chi connectivity index (χ4n) is 1.74. The average Bonchev–Trinajstić information content (AvgIpc) is 2.37. The van der Waals surface area contributed by atoms with E-state index in [0.717, 1.165) is 32.0 Å². The number of unbranched alkanes of at least 4 members (excludes halogenated alkanes) is 1. The van der Waals surface area contributed by atoms with Gasteiger partial charge in [0, 0.05) is 0 Å². The van der Waals surface area contributed by atoms with Crippen LogP contribution >= 0.6 is 0 Å². The van der Waals surface area contributed by atoms with Crippen molar-refractivity contribution in [2.45, 2.75) is 32.9 Å². The van der Waals surface area contributed by atoms with E-state index in [1.807, 2.05) is 0 Å². The third-order valence-electron chi connectivity index (χ3n) is 2.81. The van der Waals surface area contributed by atoms with Gasteiger partial charge in [0.2, 0.25) is 0 Å².